The standard InChI is InChI=1S/C23H23N5O4/c1-27(2)10-11-32-17-5-4-16-12-21(28(23(29)30)20(16)13-17)18-14-19(25-26-22(18)31-3)15-6-8-24-9-7-15/h4-9,12-14H,10-11H2,1-3H3,(H,29,30). The molecule has 0 saturated carbocycles. The summed E-state index contributed by atoms with van der Waals surface area (Å²) in [5.41, 5.74) is 2.85. The highest BCUT2D eigenvalue weighted by molar-refractivity contribution is 5.97. The van der Waals surface area contributed by atoms with Crippen molar-refractivity contribution in [1.29, 1.82) is 0 Å². The van der Waals surface area contributed by atoms with Crippen LogP contribution in [0.2, 0.25) is 0 Å². The van der Waals surface area contributed by atoms with Gasteiger partial charge in [-0.2, -0.15) is 0 Å². The Kier molecular flexibility index (Phi) is 6.00. The van der Waals surface area contributed by atoms with Crippen LogP contribution in [-0.2, 0) is 0 Å². The first-order chi connectivity index (χ1) is 15.5. The van der Waals surface area contributed by atoms with Gasteiger partial charge in [0.2, 0.25) is 5.88 Å². The second kappa shape index (κ2) is 9.03. The lowest BCUT2D eigenvalue weighted by Crippen LogP contribution is -2.19. The first-order valence-corrected chi connectivity index (χ1v) is 9.96. The summed E-state index contributed by atoms with van der Waals surface area (Å²) in [6.07, 6.45) is 2.20. The predicted molar refractivity (Wildman–Crippen MR) is 120 cm³/mol. The van der Waals surface area contributed by atoms with Gasteiger partial charge in [-0.3, -0.25) is 4.98 Å². The third kappa shape index (κ3) is 4.23. The summed E-state index contributed by atoms with van der Waals surface area (Å²) in [6.45, 7) is 1.25. The first-order valence-electron chi connectivity index (χ1n) is 9.96. The highest BCUT2D eigenvalue weighted by Crippen LogP contribution is 2.36. The highest BCUT2D eigenvalue weighted by atomic mass is 16.5. The molecule has 1 N–H and O–H groups in total. The van der Waals surface area contributed by atoms with Crippen molar-refractivity contribution >= 4 is 17.0 Å². The minimum absolute atomic E-state index is 0.232. The van der Waals surface area contributed by atoms with Crippen LogP contribution in [0.15, 0.2) is 54.9 Å². The Morgan fingerprint density at radius 3 is 2.56 bits per heavy atom. The maximum absolute atomic E-state index is 12.3. The molecule has 164 valence electrons. The molecular weight excluding hydrogens is 410 g/mol. The molecule has 0 atom stereocenters. The number of rotatable bonds is 7. The van der Waals surface area contributed by atoms with Gasteiger partial charge in [0.05, 0.1) is 29.6 Å². The van der Waals surface area contributed by atoms with Crippen LogP contribution < -0.4 is 9.47 Å². The Balaban J connectivity index is 1.83. The van der Waals surface area contributed by atoms with Crippen molar-refractivity contribution in [3.63, 3.8) is 0 Å². The lowest BCUT2D eigenvalue weighted by atomic mass is 10.1. The SMILES string of the molecule is COc1nnc(-c2ccncc2)cc1-c1cc2ccc(OCCN(C)C)cc2n1C(=O)O. The molecule has 0 bridgehead atoms. The molecule has 0 radical (unpaired) electrons. The number of aromatic nitrogens is 4. The molecule has 0 amide bonds. The predicted octanol–water partition coefficient (Wildman–Crippen LogP) is 3.64. The molecule has 0 aliphatic heterocycles. The summed E-state index contributed by atoms with van der Waals surface area (Å²) in [5.74, 6) is 0.833. The number of hydrogen-bond donors (Lipinski definition) is 1. The monoisotopic (exact) mass is 433 g/mol. The summed E-state index contributed by atoms with van der Waals surface area (Å²) in [5, 5.41) is 19.2. The van der Waals surface area contributed by atoms with Crippen LogP contribution in [0.4, 0.5) is 4.79 Å². The van der Waals surface area contributed by atoms with E-state index in [1.54, 1.807) is 30.6 Å². The van der Waals surface area contributed by atoms with E-state index in [0.717, 1.165) is 17.5 Å². The molecule has 1 aromatic carbocycles. The molecule has 0 aliphatic rings. The number of likely N-dealkylation sites (N-methyl/N-ethyl adjacent to an activating group) is 1. The first kappa shape index (κ1) is 21.3. The number of ether oxygens (including phenoxy) is 2. The van der Waals surface area contributed by atoms with Crippen LogP contribution in [0.3, 0.4) is 0 Å². The van der Waals surface area contributed by atoms with Crippen molar-refractivity contribution < 1.29 is 19.4 Å². The normalized spacial score (nSPS) is 11.1. The van der Waals surface area contributed by atoms with E-state index in [0.29, 0.717) is 34.8 Å². The smallest absolute Gasteiger partial charge is 0.416 e. The van der Waals surface area contributed by atoms with E-state index in [9.17, 15) is 9.90 Å². The van der Waals surface area contributed by atoms with Crippen molar-refractivity contribution in [3.8, 4) is 34.1 Å². The summed E-state index contributed by atoms with van der Waals surface area (Å²) < 4.78 is 12.4. The molecule has 9 heteroatoms. The lowest BCUT2D eigenvalue weighted by molar-refractivity contribution is 0.198. The summed E-state index contributed by atoms with van der Waals surface area (Å²) >= 11 is 0. The third-order valence-electron chi connectivity index (χ3n) is 4.98. The lowest BCUT2D eigenvalue weighted by Gasteiger charge is -2.12. The largest absolute Gasteiger partial charge is 0.492 e. The van der Waals surface area contributed by atoms with Gasteiger partial charge in [-0.15, -0.1) is 10.2 Å². The molecule has 3 heterocycles. The van der Waals surface area contributed by atoms with Crippen molar-refractivity contribution in [2.45, 2.75) is 0 Å². The van der Waals surface area contributed by atoms with E-state index in [4.69, 9.17) is 9.47 Å². The number of fused-ring (bicyclic) bond motifs is 1. The molecule has 0 unspecified atom stereocenters. The topological polar surface area (TPSA) is 103 Å². The van der Waals surface area contributed by atoms with Crippen LogP contribution in [-0.4, -0.2) is 70.2 Å². The van der Waals surface area contributed by atoms with Crippen LogP contribution >= 0.6 is 0 Å². The fourth-order valence-electron chi connectivity index (χ4n) is 3.40. The van der Waals surface area contributed by atoms with E-state index in [1.165, 1.54) is 11.7 Å². The zero-order valence-electron chi connectivity index (χ0n) is 18.0. The molecule has 32 heavy (non-hydrogen) atoms. The van der Waals surface area contributed by atoms with Gasteiger partial charge >= 0.3 is 6.09 Å². The van der Waals surface area contributed by atoms with Gasteiger partial charge in [-0.05, 0) is 50.5 Å². The van der Waals surface area contributed by atoms with Crippen molar-refractivity contribution in [3.05, 3.63) is 54.9 Å². The van der Waals surface area contributed by atoms with Crippen LogP contribution in [0, 0.1) is 0 Å². The van der Waals surface area contributed by atoms with Crippen molar-refractivity contribution in [1.82, 2.24) is 24.6 Å². The molecule has 0 saturated heterocycles. The molecule has 0 aliphatic carbocycles. The molecule has 0 fully saturated rings. The maximum atomic E-state index is 12.3. The number of carboxylic acid groups (broad SMARTS) is 1. The Morgan fingerprint density at radius 1 is 1.09 bits per heavy atom. The van der Waals surface area contributed by atoms with Gasteiger partial charge < -0.3 is 19.5 Å². The molecule has 9 nitrogen and oxygen atoms in total. The Morgan fingerprint density at radius 2 is 1.88 bits per heavy atom. The van der Waals surface area contributed by atoms with E-state index in [2.05, 4.69) is 15.2 Å². The number of methoxy groups -OCH3 is 1. The van der Waals surface area contributed by atoms with E-state index in [1.807, 2.05) is 43.3 Å². The fraction of sp³-hybridized carbons (Fsp3) is 0.217. The molecular formula is C23H23N5O4. The average Bonchev–Trinajstić information content (AvgIpc) is 3.18. The quantitative estimate of drug-likeness (QED) is 0.471. The number of pyridine rings is 1. The fourth-order valence-corrected chi connectivity index (χ4v) is 3.40. The van der Waals surface area contributed by atoms with Gasteiger partial charge in [-0.1, -0.05) is 0 Å². The van der Waals surface area contributed by atoms with Gasteiger partial charge in [-0.25, -0.2) is 9.36 Å². The van der Waals surface area contributed by atoms with Crippen molar-refractivity contribution in [2.24, 2.45) is 0 Å². The molecule has 4 aromatic rings. The van der Waals surface area contributed by atoms with Crippen molar-refractivity contribution in [2.75, 3.05) is 34.4 Å². The molecule has 0 spiro atoms. The third-order valence-corrected chi connectivity index (χ3v) is 4.98. The Labute approximate surface area is 184 Å². The van der Waals surface area contributed by atoms with E-state index in [-0.39, 0.29) is 5.88 Å². The Hall–Kier alpha value is -3.98. The number of carbonyl (C=O) groups is 1. The maximum Gasteiger partial charge on any atom is 0.416 e. The van der Waals surface area contributed by atoms with Gasteiger partial charge in [0, 0.05) is 36.0 Å². The van der Waals surface area contributed by atoms with Gasteiger partial charge in [0.25, 0.3) is 0 Å². The van der Waals surface area contributed by atoms with Crippen LogP contribution in [0.1, 0.15) is 0 Å². The highest BCUT2D eigenvalue weighted by Gasteiger charge is 2.21. The zero-order chi connectivity index (χ0) is 22.7. The second-order valence-corrected chi connectivity index (χ2v) is 7.41. The zero-order valence-corrected chi connectivity index (χ0v) is 18.0. The second-order valence-electron chi connectivity index (χ2n) is 7.41. The Bertz CT molecular complexity index is 1250. The molecule has 3 aromatic heterocycles. The molecule has 4 rings (SSSR count). The van der Waals surface area contributed by atoms with Gasteiger partial charge in [0.1, 0.15) is 12.4 Å². The number of benzene rings is 1. The van der Waals surface area contributed by atoms with E-state index >= 15 is 0 Å². The summed E-state index contributed by atoms with van der Waals surface area (Å²) in [6, 6.07) is 12.6. The number of nitrogens with zero attached hydrogens (tertiary/aromatic N) is 5. The average molecular weight is 433 g/mol. The van der Waals surface area contributed by atoms with Crippen LogP contribution in [0.25, 0.3) is 33.4 Å². The van der Waals surface area contributed by atoms with Crippen LogP contribution in [0.5, 0.6) is 11.6 Å². The summed E-state index contributed by atoms with van der Waals surface area (Å²) in [7, 11) is 5.40. The minimum Gasteiger partial charge on any atom is -0.492 e. The minimum atomic E-state index is -1.12. The van der Waals surface area contributed by atoms with Gasteiger partial charge in [0.15, 0.2) is 0 Å². The van der Waals surface area contributed by atoms with E-state index < -0.39 is 6.09 Å². The number of hydrogen-bond acceptors (Lipinski definition) is 7. The summed E-state index contributed by atoms with van der Waals surface area (Å²) in [4.78, 5) is 18.3.